The molecular weight excluding hydrogens is 418 g/mol. The monoisotopic (exact) mass is 445 g/mol. The summed E-state index contributed by atoms with van der Waals surface area (Å²) in [5.74, 6) is 1.25. The Morgan fingerprint density at radius 2 is 1.66 bits per heavy atom. The average Bonchev–Trinajstić information content (AvgIpc) is 2.80. The summed E-state index contributed by atoms with van der Waals surface area (Å²) in [5.41, 5.74) is 5.79. The fourth-order valence-electron chi connectivity index (χ4n) is 3.83. The predicted octanol–water partition coefficient (Wildman–Crippen LogP) is 7.70. The van der Waals surface area contributed by atoms with E-state index in [0.29, 0.717) is 36.3 Å². The second kappa shape index (κ2) is 9.97. The van der Waals surface area contributed by atoms with E-state index in [9.17, 15) is 0 Å². The van der Waals surface area contributed by atoms with Crippen LogP contribution in [-0.2, 0) is 13.2 Å². The van der Waals surface area contributed by atoms with Gasteiger partial charge in [0.1, 0.15) is 6.61 Å². The van der Waals surface area contributed by atoms with E-state index in [4.69, 9.17) is 21.1 Å². The van der Waals surface area contributed by atoms with Gasteiger partial charge in [-0.2, -0.15) is 0 Å². The lowest BCUT2D eigenvalue weighted by Gasteiger charge is -2.17. The van der Waals surface area contributed by atoms with Gasteiger partial charge in [0.2, 0.25) is 0 Å². The number of nitrogens with one attached hydrogen (secondary N) is 1. The topological polar surface area (TPSA) is 30.5 Å². The first kappa shape index (κ1) is 22.0. The first-order chi connectivity index (χ1) is 15.6. The van der Waals surface area contributed by atoms with E-state index in [1.54, 1.807) is 0 Å². The fourth-order valence-corrected chi connectivity index (χ4v) is 4.12. The van der Waals surface area contributed by atoms with Crippen molar-refractivity contribution in [3.63, 3.8) is 0 Å². The molecule has 4 aromatic carbocycles. The molecule has 0 amide bonds. The quantitative estimate of drug-likeness (QED) is 0.301. The highest BCUT2D eigenvalue weighted by Crippen LogP contribution is 2.38. The van der Waals surface area contributed by atoms with Crippen molar-refractivity contribution in [1.82, 2.24) is 0 Å². The van der Waals surface area contributed by atoms with Crippen LogP contribution in [0.3, 0.4) is 0 Å². The van der Waals surface area contributed by atoms with Gasteiger partial charge in [0.05, 0.1) is 11.6 Å². The predicted molar refractivity (Wildman–Crippen MR) is 134 cm³/mol. The molecule has 1 N–H and O–H groups in total. The Labute approximate surface area is 194 Å². The van der Waals surface area contributed by atoms with Crippen molar-refractivity contribution in [2.45, 2.75) is 33.9 Å². The highest BCUT2D eigenvalue weighted by Gasteiger charge is 2.14. The third-order valence-electron chi connectivity index (χ3n) is 5.71. The van der Waals surface area contributed by atoms with Crippen molar-refractivity contribution in [3.05, 3.63) is 100 Å². The van der Waals surface area contributed by atoms with Crippen LogP contribution in [0.4, 0.5) is 5.69 Å². The van der Waals surface area contributed by atoms with Crippen molar-refractivity contribution in [1.29, 1.82) is 0 Å². The van der Waals surface area contributed by atoms with Crippen LogP contribution < -0.4 is 14.8 Å². The summed E-state index contributed by atoms with van der Waals surface area (Å²) in [5, 5.41) is 6.43. The second-order valence-electron chi connectivity index (χ2n) is 7.87. The average molecular weight is 446 g/mol. The van der Waals surface area contributed by atoms with Gasteiger partial charge >= 0.3 is 0 Å². The van der Waals surface area contributed by atoms with Crippen LogP contribution in [0.15, 0.2) is 72.8 Å². The summed E-state index contributed by atoms with van der Waals surface area (Å²) >= 11 is 6.66. The Balaban J connectivity index is 1.55. The molecule has 0 fully saturated rings. The summed E-state index contributed by atoms with van der Waals surface area (Å²) in [6.07, 6.45) is 0. The third kappa shape index (κ3) is 4.84. The van der Waals surface area contributed by atoms with Crippen LogP contribution in [0.5, 0.6) is 11.5 Å². The number of anilines is 1. The van der Waals surface area contributed by atoms with Crippen LogP contribution in [0.1, 0.15) is 29.2 Å². The smallest absolute Gasteiger partial charge is 0.180 e. The highest BCUT2D eigenvalue weighted by atomic mass is 35.5. The summed E-state index contributed by atoms with van der Waals surface area (Å²) in [6.45, 7) is 7.81. The van der Waals surface area contributed by atoms with E-state index < -0.39 is 0 Å². The summed E-state index contributed by atoms with van der Waals surface area (Å²) in [6, 6.07) is 24.8. The van der Waals surface area contributed by atoms with E-state index in [-0.39, 0.29) is 0 Å². The van der Waals surface area contributed by atoms with Crippen molar-refractivity contribution in [2.75, 3.05) is 11.9 Å². The van der Waals surface area contributed by atoms with Crippen LogP contribution >= 0.6 is 11.6 Å². The number of hydrogen-bond acceptors (Lipinski definition) is 3. The first-order valence-electron chi connectivity index (χ1n) is 10.9. The Bertz CT molecular complexity index is 1230. The molecule has 4 aromatic rings. The van der Waals surface area contributed by atoms with Crippen LogP contribution in [0, 0.1) is 13.8 Å². The molecule has 4 rings (SSSR count). The van der Waals surface area contributed by atoms with Gasteiger partial charge in [0, 0.05) is 12.2 Å². The van der Waals surface area contributed by atoms with E-state index >= 15 is 0 Å². The van der Waals surface area contributed by atoms with E-state index in [1.807, 2.05) is 37.3 Å². The Hall–Kier alpha value is -3.17. The number of hydrogen-bond donors (Lipinski definition) is 1. The van der Waals surface area contributed by atoms with Gasteiger partial charge in [-0.25, -0.2) is 0 Å². The number of benzene rings is 4. The molecule has 0 aliphatic heterocycles. The van der Waals surface area contributed by atoms with Crippen LogP contribution in [0.2, 0.25) is 5.02 Å². The molecule has 0 saturated carbocycles. The molecule has 0 atom stereocenters. The molecule has 4 heteroatoms. The number of ether oxygens (including phenoxy) is 2. The van der Waals surface area contributed by atoms with Gasteiger partial charge < -0.3 is 14.8 Å². The largest absolute Gasteiger partial charge is 0.490 e. The molecule has 0 aromatic heterocycles. The number of fused-ring (bicyclic) bond motifs is 1. The number of halogens is 1. The van der Waals surface area contributed by atoms with Gasteiger partial charge in [0.25, 0.3) is 0 Å². The molecule has 0 bridgehead atoms. The lowest BCUT2D eigenvalue weighted by Crippen LogP contribution is -2.05. The van der Waals surface area contributed by atoms with E-state index in [2.05, 4.69) is 61.6 Å². The van der Waals surface area contributed by atoms with Crippen LogP contribution in [0.25, 0.3) is 10.8 Å². The lowest BCUT2D eigenvalue weighted by atomic mass is 10.1. The molecule has 164 valence electrons. The van der Waals surface area contributed by atoms with Gasteiger partial charge in [-0.3, -0.25) is 0 Å². The van der Waals surface area contributed by atoms with Crippen molar-refractivity contribution in [3.8, 4) is 11.5 Å². The molecule has 0 radical (unpaired) electrons. The fraction of sp³-hybridized carbons (Fsp3) is 0.214. The van der Waals surface area contributed by atoms with E-state index in [0.717, 1.165) is 16.8 Å². The SMILES string of the molecule is CCOc1cc(CNc2cccc(C)c2C)cc(Cl)c1OCc1cccc2ccccc12. The van der Waals surface area contributed by atoms with Gasteiger partial charge in [-0.05, 0) is 72.0 Å². The zero-order valence-electron chi connectivity index (χ0n) is 18.7. The van der Waals surface area contributed by atoms with Crippen LogP contribution in [-0.4, -0.2) is 6.61 Å². The van der Waals surface area contributed by atoms with E-state index in [1.165, 1.54) is 21.9 Å². The summed E-state index contributed by atoms with van der Waals surface area (Å²) in [4.78, 5) is 0. The van der Waals surface area contributed by atoms with Gasteiger partial charge in [-0.1, -0.05) is 66.2 Å². The number of aryl methyl sites for hydroxylation is 1. The van der Waals surface area contributed by atoms with Crippen molar-refractivity contribution >= 4 is 28.1 Å². The molecule has 0 spiro atoms. The highest BCUT2D eigenvalue weighted by molar-refractivity contribution is 6.32. The molecule has 0 heterocycles. The maximum atomic E-state index is 6.66. The molecule has 3 nitrogen and oxygen atoms in total. The van der Waals surface area contributed by atoms with Crippen molar-refractivity contribution in [2.24, 2.45) is 0 Å². The lowest BCUT2D eigenvalue weighted by molar-refractivity contribution is 0.270. The summed E-state index contributed by atoms with van der Waals surface area (Å²) in [7, 11) is 0. The summed E-state index contributed by atoms with van der Waals surface area (Å²) < 4.78 is 12.1. The molecule has 0 saturated heterocycles. The standard InChI is InChI=1S/C28H28ClNO2/c1-4-31-27-16-21(17-30-26-14-7-9-19(2)20(26)3)15-25(29)28(27)32-18-23-12-8-11-22-10-5-6-13-24(22)23/h5-16,30H,4,17-18H2,1-3H3. The normalized spacial score (nSPS) is 10.9. The molecule has 32 heavy (non-hydrogen) atoms. The zero-order chi connectivity index (χ0) is 22.5. The van der Waals surface area contributed by atoms with Gasteiger partial charge in [0.15, 0.2) is 11.5 Å². The number of rotatable bonds is 8. The Kier molecular flexibility index (Phi) is 6.87. The molecule has 0 unspecified atom stereocenters. The minimum Gasteiger partial charge on any atom is -0.490 e. The minimum absolute atomic E-state index is 0.418. The maximum Gasteiger partial charge on any atom is 0.180 e. The van der Waals surface area contributed by atoms with Gasteiger partial charge in [-0.15, -0.1) is 0 Å². The first-order valence-corrected chi connectivity index (χ1v) is 11.3. The molecule has 0 aliphatic rings. The molecular formula is C28H28ClNO2. The Morgan fingerprint density at radius 3 is 2.50 bits per heavy atom. The minimum atomic E-state index is 0.418. The third-order valence-corrected chi connectivity index (χ3v) is 5.99. The second-order valence-corrected chi connectivity index (χ2v) is 8.27. The molecule has 0 aliphatic carbocycles. The maximum absolute atomic E-state index is 6.66. The zero-order valence-corrected chi connectivity index (χ0v) is 19.5. The Morgan fingerprint density at radius 1 is 0.875 bits per heavy atom. The van der Waals surface area contributed by atoms with Crippen molar-refractivity contribution < 1.29 is 9.47 Å².